The minimum atomic E-state index is -0.452. The van der Waals surface area contributed by atoms with E-state index in [-0.39, 0.29) is 6.09 Å². The number of hydrogen-bond acceptors (Lipinski definition) is 4. The summed E-state index contributed by atoms with van der Waals surface area (Å²) < 4.78 is 11.8. The van der Waals surface area contributed by atoms with Crippen molar-refractivity contribution in [2.75, 3.05) is 19.7 Å². The summed E-state index contributed by atoms with van der Waals surface area (Å²) in [7, 11) is 0. The van der Waals surface area contributed by atoms with E-state index in [1.807, 2.05) is 39.0 Å². The lowest BCUT2D eigenvalue weighted by atomic mass is 10.1. The van der Waals surface area contributed by atoms with Crippen molar-refractivity contribution in [3.05, 3.63) is 22.8 Å². The minimum absolute atomic E-state index is 0.245. The van der Waals surface area contributed by atoms with E-state index in [0.29, 0.717) is 24.9 Å². The molecular weight excluding hydrogens is 336 g/mol. The Balaban J connectivity index is 1.79. The van der Waals surface area contributed by atoms with Gasteiger partial charge in [-0.15, -0.1) is 0 Å². The van der Waals surface area contributed by atoms with E-state index in [1.165, 1.54) is 0 Å². The summed E-state index contributed by atoms with van der Waals surface area (Å²) in [5.74, 6) is 0.915. The Kier molecular flexibility index (Phi) is 5.08. The van der Waals surface area contributed by atoms with Crippen LogP contribution in [0.4, 0.5) is 4.79 Å². The average molecular weight is 357 g/mol. The molecule has 0 N–H and O–H groups in total. The van der Waals surface area contributed by atoms with Crippen LogP contribution in [0.15, 0.2) is 22.8 Å². The van der Waals surface area contributed by atoms with Gasteiger partial charge in [0.2, 0.25) is 5.88 Å². The van der Waals surface area contributed by atoms with Gasteiger partial charge in [-0.3, -0.25) is 0 Å². The third-order valence-electron chi connectivity index (χ3n) is 3.09. The van der Waals surface area contributed by atoms with Crippen LogP contribution >= 0.6 is 15.9 Å². The van der Waals surface area contributed by atoms with Crippen LogP contribution in [0.25, 0.3) is 0 Å². The summed E-state index contributed by atoms with van der Waals surface area (Å²) in [6, 6.07) is 5.56. The number of likely N-dealkylation sites (tertiary alicyclic amines) is 1. The molecule has 0 saturated carbocycles. The standard InChI is InChI=1S/C15H21BrN2O3/c1-15(2,3)21-14(19)18-8-7-11(9-18)10-20-13-6-4-5-12(16)17-13/h4-6,11H,7-10H2,1-3H3. The maximum absolute atomic E-state index is 12.0. The van der Waals surface area contributed by atoms with Gasteiger partial charge in [-0.1, -0.05) is 6.07 Å². The number of ether oxygens (including phenoxy) is 2. The van der Waals surface area contributed by atoms with Gasteiger partial charge in [-0.25, -0.2) is 9.78 Å². The summed E-state index contributed by atoms with van der Waals surface area (Å²) in [6.07, 6.45) is 0.679. The van der Waals surface area contributed by atoms with Crippen molar-refractivity contribution in [1.82, 2.24) is 9.88 Å². The van der Waals surface area contributed by atoms with Crippen LogP contribution in [0.2, 0.25) is 0 Å². The van der Waals surface area contributed by atoms with Gasteiger partial charge in [-0.2, -0.15) is 0 Å². The number of amides is 1. The molecule has 116 valence electrons. The normalized spacial score (nSPS) is 18.7. The Morgan fingerprint density at radius 3 is 2.90 bits per heavy atom. The number of rotatable bonds is 3. The van der Waals surface area contributed by atoms with Gasteiger partial charge in [-0.05, 0) is 49.2 Å². The average Bonchev–Trinajstić information content (AvgIpc) is 2.83. The monoisotopic (exact) mass is 356 g/mol. The van der Waals surface area contributed by atoms with Gasteiger partial charge in [0, 0.05) is 25.1 Å². The maximum atomic E-state index is 12.0. The molecule has 0 radical (unpaired) electrons. The first kappa shape index (κ1) is 16.1. The van der Waals surface area contributed by atoms with Crippen molar-refractivity contribution >= 4 is 22.0 Å². The van der Waals surface area contributed by atoms with Crippen molar-refractivity contribution in [2.24, 2.45) is 5.92 Å². The summed E-state index contributed by atoms with van der Waals surface area (Å²) in [5, 5.41) is 0. The first-order valence-electron chi connectivity index (χ1n) is 7.07. The number of carbonyl (C=O) groups excluding carboxylic acids is 1. The van der Waals surface area contributed by atoms with Crippen molar-refractivity contribution < 1.29 is 14.3 Å². The molecule has 1 aliphatic heterocycles. The fourth-order valence-electron chi connectivity index (χ4n) is 2.13. The molecule has 1 aromatic heterocycles. The molecule has 21 heavy (non-hydrogen) atoms. The van der Waals surface area contributed by atoms with Crippen molar-refractivity contribution in [3.8, 4) is 5.88 Å². The van der Waals surface area contributed by atoms with Gasteiger partial charge < -0.3 is 14.4 Å². The molecule has 0 spiro atoms. The van der Waals surface area contributed by atoms with Crippen LogP contribution in [0.5, 0.6) is 5.88 Å². The van der Waals surface area contributed by atoms with Gasteiger partial charge in [0.1, 0.15) is 10.2 Å². The predicted octanol–water partition coefficient (Wildman–Crippen LogP) is 3.48. The highest BCUT2D eigenvalue weighted by Gasteiger charge is 2.30. The topological polar surface area (TPSA) is 51.7 Å². The smallest absolute Gasteiger partial charge is 0.410 e. The molecule has 1 aromatic rings. The number of pyridine rings is 1. The molecule has 6 heteroatoms. The largest absolute Gasteiger partial charge is 0.477 e. The lowest BCUT2D eigenvalue weighted by Gasteiger charge is -2.24. The van der Waals surface area contributed by atoms with E-state index in [9.17, 15) is 4.79 Å². The minimum Gasteiger partial charge on any atom is -0.477 e. The highest BCUT2D eigenvalue weighted by atomic mass is 79.9. The molecular formula is C15H21BrN2O3. The van der Waals surface area contributed by atoms with E-state index in [1.54, 1.807) is 4.90 Å². The highest BCUT2D eigenvalue weighted by Crippen LogP contribution is 2.21. The Morgan fingerprint density at radius 1 is 1.48 bits per heavy atom. The highest BCUT2D eigenvalue weighted by molar-refractivity contribution is 9.10. The number of halogens is 1. The van der Waals surface area contributed by atoms with Crippen LogP contribution < -0.4 is 4.74 Å². The quantitative estimate of drug-likeness (QED) is 0.778. The van der Waals surface area contributed by atoms with Crippen LogP contribution in [0.3, 0.4) is 0 Å². The summed E-state index contributed by atoms with van der Waals surface area (Å²) in [6.45, 7) is 7.57. The van der Waals surface area contributed by atoms with Crippen molar-refractivity contribution in [2.45, 2.75) is 32.8 Å². The Hall–Kier alpha value is -1.30. The van der Waals surface area contributed by atoms with Crippen molar-refractivity contribution in [1.29, 1.82) is 0 Å². The van der Waals surface area contributed by atoms with Gasteiger partial charge in [0.05, 0.1) is 6.61 Å². The number of hydrogen-bond donors (Lipinski definition) is 0. The van der Waals surface area contributed by atoms with E-state index in [4.69, 9.17) is 9.47 Å². The molecule has 2 heterocycles. The summed E-state index contributed by atoms with van der Waals surface area (Å²) in [5.41, 5.74) is -0.452. The van der Waals surface area contributed by atoms with Crippen LogP contribution in [0.1, 0.15) is 27.2 Å². The second-order valence-corrected chi connectivity index (χ2v) is 7.00. The Bertz CT molecular complexity index is 502. The number of nitrogens with zero attached hydrogens (tertiary/aromatic N) is 2. The molecule has 0 aliphatic carbocycles. The molecule has 1 aliphatic rings. The Labute approximate surface area is 133 Å². The zero-order chi connectivity index (χ0) is 15.5. The second kappa shape index (κ2) is 6.64. The number of carbonyl (C=O) groups is 1. The number of aromatic nitrogens is 1. The van der Waals surface area contributed by atoms with Gasteiger partial charge >= 0.3 is 6.09 Å². The van der Waals surface area contributed by atoms with Gasteiger partial charge in [0.15, 0.2) is 0 Å². The van der Waals surface area contributed by atoms with E-state index in [2.05, 4.69) is 20.9 Å². The lowest BCUT2D eigenvalue weighted by molar-refractivity contribution is 0.0284. The molecule has 2 rings (SSSR count). The Morgan fingerprint density at radius 2 is 2.24 bits per heavy atom. The predicted molar refractivity (Wildman–Crippen MR) is 83.3 cm³/mol. The van der Waals surface area contributed by atoms with E-state index in [0.717, 1.165) is 17.6 Å². The summed E-state index contributed by atoms with van der Waals surface area (Å²) in [4.78, 5) is 17.9. The van der Waals surface area contributed by atoms with Crippen LogP contribution in [-0.2, 0) is 4.74 Å². The molecule has 1 atom stereocenters. The summed E-state index contributed by atoms with van der Waals surface area (Å²) >= 11 is 3.31. The first-order chi connectivity index (χ1) is 9.83. The van der Waals surface area contributed by atoms with Gasteiger partial charge in [0.25, 0.3) is 0 Å². The molecule has 1 amide bonds. The van der Waals surface area contributed by atoms with Crippen LogP contribution in [-0.4, -0.2) is 41.3 Å². The zero-order valence-corrected chi connectivity index (χ0v) is 14.2. The molecule has 1 saturated heterocycles. The molecule has 5 nitrogen and oxygen atoms in total. The second-order valence-electron chi connectivity index (χ2n) is 6.19. The molecule has 1 fully saturated rings. The van der Waals surface area contributed by atoms with Crippen molar-refractivity contribution in [3.63, 3.8) is 0 Å². The van der Waals surface area contributed by atoms with E-state index >= 15 is 0 Å². The lowest BCUT2D eigenvalue weighted by Crippen LogP contribution is -2.35. The fourth-order valence-corrected chi connectivity index (χ4v) is 2.46. The zero-order valence-electron chi connectivity index (χ0n) is 12.6. The van der Waals surface area contributed by atoms with Crippen LogP contribution in [0, 0.1) is 5.92 Å². The maximum Gasteiger partial charge on any atom is 0.410 e. The van der Waals surface area contributed by atoms with E-state index < -0.39 is 5.60 Å². The molecule has 1 unspecified atom stereocenters. The SMILES string of the molecule is CC(C)(C)OC(=O)N1CCC(COc2cccc(Br)n2)C1. The molecule has 0 bridgehead atoms. The third kappa shape index (κ3) is 5.19. The third-order valence-corrected chi connectivity index (χ3v) is 3.54. The fraction of sp³-hybridized carbons (Fsp3) is 0.600. The first-order valence-corrected chi connectivity index (χ1v) is 7.86. The molecule has 0 aromatic carbocycles.